The Balaban J connectivity index is 1.33. The standard InChI is InChI=1S/C26H26N2O4S2/c1-19-3-11-25(12-4-19)33(29,30)27-15-21-7-9-23-17-28(18-24(23)10-8-22(21)16-27)34(31,32)26-13-5-20(2)6-14-26/h3-14H,15-18H2,1-2H3/b9-7-,10-8-,21-7?,22-8?,23-9?,24-10?. The molecule has 2 aromatic rings. The molecule has 8 heteroatoms. The number of benzene rings is 2. The van der Waals surface area contributed by atoms with Gasteiger partial charge in [-0.05, 0) is 60.4 Å². The van der Waals surface area contributed by atoms with E-state index < -0.39 is 20.0 Å². The monoisotopic (exact) mass is 494 g/mol. The lowest BCUT2D eigenvalue weighted by Crippen LogP contribution is -2.29. The van der Waals surface area contributed by atoms with Gasteiger partial charge in [-0.2, -0.15) is 8.61 Å². The van der Waals surface area contributed by atoms with Crippen LogP contribution >= 0.6 is 0 Å². The highest BCUT2D eigenvalue weighted by atomic mass is 32.2. The van der Waals surface area contributed by atoms with Gasteiger partial charge in [-0.1, -0.05) is 59.7 Å². The van der Waals surface area contributed by atoms with Gasteiger partial charge in [-0.15, -0.1) is 0 Å². The van der Waals surface area contributed by atoms with Gasteiger partial charge in [0.2, 0.25) is 20.0 Å². The third kappa shape index (κ3) is 4.11. The quantitative estimate of drug-likeness (QED) is 0.649. The van der Waals surface area contributed by atoms with E-state index in [9.17, 15) is 16.8 Å². The summed E-state index contributed by atoms with van der Waals surface area (Å²) in [6, 6.07) is 13.8. The van der Waals surface area contributed by atoms with Gasteiger partial charge in [-0.3, -0.25) is 0 Å². The van der Waals surface area contributed by atoms with Gasteiger partial charge in [0.05, 0.1) is 9.79 Å². The lowest BCUT2D eigenvalue weighted by Gasteiger charge is -2.17. The molecule has 2 heterocycles. The predicted molar refractivity (Wildman–Crippen MR) is 132 cm³/mol. The van der Waals surface area contributed by atoms with Crippen molar-refractivity contribution in [3.8, 4) is 0 Å². The van der Waals surface area contributed by atoms with Crippen LogP contribution in [0, 0.1) is 13.8 Å². The molecule has 5 rings (SSSR count). The van der Waals surface area contributed by atoms with Gasteiger partial charge in [-0.25, -0.2) is 16.8 Å². The summed E-state index contributed by atoms with van der Waals surface area (Å²) in [6.45, 7) is 5.02. The molecule has 0 radical (unpaired) electrons. The van der Waals surface area contributed by atoms with Crippen molar-refractivity contribution in [2.45, 2.75) is 23.6 Å². The average Bonchev–Trinajstić information content (AvgIpc) is 3.39. The van der Waals surface area contributed by atoms with Crippen molar-refractivity contribution in [1.29, 1.82) is 0 Å². The number of sulfonamides is 2. The summed E-state index contributed by atoms with van der Waals surface area (Å²) in [6.07, 6.45) is 7.73. The van der Waals surface area contributed by atoms with Gasteiger partial charge in [0.25, 0.3) is 0 Å². The fourth-order valence-electron chi connectivity index (χ4n) is 4.38. The van der Waals surface area contributed by atoms with Crippen LogP contribution in [0.4, 0.5) is 0 Å². The molecule has 0 N–H and O–H groups in total. The molecule has 0 fully saturated rings. The summed E-state index contributed by atoms with van der Waals surface area (Å²) in [5.74, 6) is 0. The van der Waals surface area contributed by atoms with Crippen molar-refractivity contribution in [3.63, 3.8) is 0 Å². The molecule has 34 heavy (non-hydrogen) atoms. The first-order valence-corrected chi connectivity index (χ1v) is 14.0. The first-order chi connectivity index (χ1) is 16.1. The summed E-state index contributed by atoms with van der Waals surface area (Å²) < 4.78 is 55.5. The highest BCUT2D eigenvalue weighted by Crippen LogP contribution is 2.32. The minimum atomic E-state index is -3.60. The van der Waals surface area contributed by atoms with Crippen LogP contribution in [0.3, 0.4) is 0 Å². The van der Waals surface area contributed by atoms with Gasteiger partial charge in [0.1, 0.15) is 0 Å². The van der Waals surface area contributed by atoms with Gasteiger partial charge < -0.3 is 0 Å². The van der Waals surface area contributed by atoms with Gasteiger partial charge >= 0.3 is 0 Å². The molecule has 2 aromatic carbocycles. The normalized spacial score (nSPS) is 21.2. The Bertz CT molecular complexity index is 1330. The smallest absolute Gasteiger partial charge is 0.207 e. The van der Waals surface area contributed by atoms with E-state index in [0.717, 1.165) is 33.4 Å². The van der Waals surface area contributed by atoms with E-state index in [1.54, 1.807) is 48.5 Å². The molecule has 0 atom stereocenters. The molecule has 0 bridgehead atoms. The Morgan fingerprint density at radius 3 is 1.03 bits per heavy atom. The zero-order valence-electron chi connectivity index (χ0n) is 19.1. The van der Waals surface area contributed by atoms with Crippen molar-refractivity contribution in [1.82, 2.24) is 8.61 Å². The second-order valence-electron chi connectivity index (χ2n) is 8.94. The van der Waals surface area contributed by atoms with Gasteiger partial charge in [0.15, 0.2) is 0 Å². The number of aryl methyl sites for hydroxylation is 2. The first kappa shape index (κ1) is 23.0. The van der Waals surface area contributed by atoms with Crippen LogP contribution in [0.2, 0.25) is 0 Å². The number of hydrogen-bond donors (Lipinski definition) is 0. The molecular formula is C26H26N2O4S2. The minimum Gasteiger partial charge on any atom is -0.207 e. The highest BCUT2D eigenvalue weighted by Gasteiger charge is 2.33. The van der Waals surface area contributed by atoms with Crippen molar-refractivity contribution < 1.29 is 16.8 Å². The summed E-state index contributed by atoms with van der Waals surface area (Å²) in [5.41, 5.74) is 5.74. The number of hydrogen-bond acceptors (Lipinski definition) is 4. The molecule has 0 aromatic heterocycles. The number of nitrogens with zero attached hydrogens (tertiary/aromatic N) is 2. The summed E-state index contributed by atoms with van der Waals surface area (Å²) in [4.78, 5) is 0.582. The Morgan fingerprint density at radius 2 is 0.765 bits per heavy atom. The Hall–Kier alpha value is -2.78. The molecule has 176 valence electrons. The second-order valence-corrected chi connectivity index (χ2v) is 12.8. The van der Waals surface area contributed by atoms with E-state index in [1.165, 1.54) is 8.61 Å². The van der Waals surface area contributed by atoms with Crippen LogP contribution in [0.1, 0.15) is 11.1 Å². The lowest BCUT2D eigenvalue weighted by atomic mass is 10.0. The summed E-state index contributed by atoms with van der Waals surface area (Å²) in [5, 5.41) is 0. The van der Waals surface area contributed by atoms with E-state index in [2.05, 4.69) is 0 Å². The Labute approximate surface area is 201 Å². The molecule has 0 spiro atoms. The van der Waals surface area contributed by atoms with Crippen LogP contribution < -0.4 is 0 Å². The minimum absolute atomic E-state index is 0.291. The van der Waals surface area contributed by atoms with Crippen LogP contribution in [0.5, 0.6) is 0 Å². The molecular weight excluding hydrogens is 468 g/mol. The molecule has 1 aliphatic carbocycles. The zero-order valence-corrected chi connectivity index (χ0v) is 20.7. The fourth-order valence-corrected chi connectivity index (χ4v) is 7.17. The van der Waals surface area contributed by atoms with Crippen LogP contribution in [-0.2, 0) is 20.0 Å². The molecule has 0 saturated carbocycles. The summed E-state index contributed by atoms with van der Waals surface area (Å²) >= 11 is 0. The van der Waals surface area contributed by atoms with Gasteiger partial charge in [0, 0.05) is 26.2 Å². The predicted octanol–water partition coefficient (Wildman–Crippen LogP) is 3.73. The van der Waals surface area contributed by atoms with Crippen LogP contribution in [0.25, 0.3) is 0 Å². The van der Waals surface area contributed by atoms with E-state index in [4.69, 9.17) is 0 Å². The SMILES string of the molecule is Cc1ccc(S(=O)(=O)N2CC3=C(/C=C\C4=C(/C=C\3)CN(S(=O)(=O)c3ccc(C)cc3)C4)C2)cc1. The maximum atomic E-state index is 13.1. The van der Waals surface area contributed by atoms with Crippen molar-refractivity contribution >= 4 is 20.0 Å². The van der Waals surface area contributed by atoms with E-state index in [1.807, 2.05) is 38.2 Å². The van der Waals surface area contributed by atoms with E-state index in [0.29, 0.717) is 36.0 Å². The lowest BCUT2D eigenvalue weighted by molar-refractivity contribution is 0.481. The third-order valence-electron chi connectivity index (χ3n) is 6.50. The zero-order chi connectivity index (χ0) is 24.1. The second kappa shape index (κ2) is 8.46. The van der Waals surface area contributed by atoms with Crippen molar-refractivity contribution in [2.75, 3.05) is 26.2 Å². The van der Waals surface area contributed by atoms with E-state index in [-0.39, 0.29) is 0 Å². The molecule has 0 unspecified atom stereocenters. The molecule has 0 saturated heterocycles. The topological polar surface area (TPSA) is 74.8 Å². The van der Waals surface area contributed by atoms with Crippen molar-refractivity contribution in [2.24, 2.45) is 0 Å². The van der Waals surface area contributed by atoms with Crippen molar-refractivity contribution in [3.05, 3.63) is 106 Å². The molecule has 6 nitrogen and oxygen atoms in total. The first-order valence-electron chi connectivity index (χ1n) is 11.1. The maximum Gasteiger partial charge on any atom is 0.243 e. The van der Waals surface area contributed by atoms with Crippen LogP contribution in [0.15, 0.2) is 105 Å². The molecule has 2 aliphatic heterocycles. The molecule has 0 amide bonds. The molecule has 3 aliphatic rings. The largest absolute Gasteiger partial charge is 0.243 e. The third-order valence-corrected chi connectivity index (χ3v) is 10.1. The van der Waals surface area contributed by atoms with E-state index >= 15 is 0 Å². The van der Waals surface area contributed by atoms with Crippen LogP contribution in [-0.4, -0.2) is 51.6 Å². The average molecular weight is 495 g/mol. The maximum absolute atomic E-state index is 13.1. The fraction of sp³-hybridized carbons (Fsp3) is 0.231. The summed E-state index contributed by atoms with van der Waals surface area (Å²) in [7, 11) is -7.19. The highest BCUT2D eigenvalue weighted by molar-refractivity contribution is 7.89. The number of rotatable bonds is 4. The Morgan fingerprint density at radius 1 is 0.500 bits per heavy atom. The Kier molecular flexibility index (Phi) is 5.72.